The van der Waals surface area contributed by atoms with Gasteiger partial charge in [-0.25, -0.2) is 0 Å². The van der Waals surface area contributed by atoms with Gasteiger partial charge in [0, 0.05) is 17.5 Å². The van der Waals surface area contributed by atoms with Crippen molar-refractivity contribution in [2.24, 2.45) is 0 Å². The first-order valence-electron chi connectivity index (χ1n) is 6.67. The highest BCUT2D eigenvalue weighted by Gasteiger charge is 2.33. The highest BCUT2D eigenvalue weighted by atomic mass is 16.5. The second kappa shape index (κ2) is 4.38. The van der Waals surface area contributed by atoms with Crippen molar-refractivity contribution in [2.75, 3.05) is 0 Å². The molecule has 1 aliphatic carbocycles. The number of rotatable bonds is 2. The molecule has 4 rings (SSSR count). The molecule has 0 spiro atoms. The van der Waals surface area contributed by atoms with Gasteiger partial charge in [-0.1, -0.05) is 29.4 Å². The van der Waals surface area contributed by atoms with E-state index in [1.54, 1.807) is 6.20 Å². The van der Waals surface area contributed by atoms with E-state index in [1.165, 1.54) is 0 Å². The molecule has 0 radical (unpaired) electrons. The van der Waals surface area contributed by atoms with Crippen molar-refractivity contribution in [3.63, 3.8) is 0 Å². The number of pyridine rings is 1. The van der Waals surface area contributed by atoms with E-state index in [1.807, 2.05) is 30.3 Å². The van der Waals surface area contributed by atoms with Crippen LogP contribution in [0.1, 0.15) is 24.7 Å². The van der Waals surface area contributed by atoms with Gasteiger partial charge in [0.2, 0.25) is 11.7 Å². The topological polar surface area (TPSA) is 72.0 Å². The average molecular weight is 267 g/mol. The quantitative estimate of drug-likeness (QED) is 0.772. The molecular weight excluding hydrogens is 254 g/mol. The Hall–Kier alpha value is -2.27. The number of aliphatic hydroxyl groups is 1. The molecule has 0 amide bonds. The molecule has 0 unspecified atom stereocenters. The molecule has 3 aromatic rings. The summed E-state index contributed by atoms with van der Waals surface area (Å²) in [4.78, 5) is 8.81. The second-order valence-corrected chi connectivity index (χ2v) is 5.16. The van der Waals surface area contributed by atoms with Gasteiger partial charge < -0.3 is 9.63 Å². The third kappa shape index (κ3) is 1.78. The lowest BCUT2D eigenvalue weighted by Crippen LogP contribution is -2.26. The molecule has 1 fully saturated rings. The van der Waals surface area contributed by atoms with Crippen molar-refractivity contribution in [3.8, 4) is 11.5 Å². The van der Waals surface area contributed by atoms with Gasteiger partial charge in [0.05, 0.1) is 6.10 Å². The summed E-state index contributed by atoms with van der Waals surface area (Å²) in [5, 5.41) is 15.5. The van der Waals surface area contributed by atoms with Gasteiger partial charge in [0.15, 0.2) is 0 Å². The van der Waals surface area contributed by atoms with Crippen molar-refractivity contribution in [1.82, 2.24) is 15.1 Å². The highest BCUT2D eigenvalue weighted by Crippen LogP contribution is 2.36. The van der Waals surface area contributed by atoms with Gasteiger partial charge in [-0.05, 0) is 24.3 Å². The van der Waals surface area contributed by atoms with Crippen LogP contribution >= 0.6 is 0 Å². The first-order valence-corrected chi connectivity index (χ1v) is 6.67. The Morgan fingerprint density at radius 2 is 2.00 bits per heavy atom. The van der Waals surface area contributed by atoms with E-state index in [4.69, 9.17) is 4.52 Å². The number of aromatic nitrogens is 3. The Morgan fingerprint density at radius 3 is 2.85 bits per heavy atom. The summed E-state index contributed by atoms with van der Waals surface area (Å²) in [7, 11) is 0. The Morgan fingerprint density at radius 1 is 1.15 bits per heavy atom. The van der Waals surface area contributed by atoms with Crippen LogP contribution < -0.4 is 0 Å². The molecular formula is C15H13N3O2. The Bertz CT molecular complexity index is 757. The Balaban J connectivity index is 1.76. The van der Waals surface area contributed by atoms with E-state index >= 15 is 0 Å². The molecule has 1 aliphatic rings. The van der Waals surface area contributed by atoms with Crippen molar-refractivity contribution >= 4 is 10.8 Å². The van der Waals surface area contributed by atoms with Crippen molar-refractivity contribution < 1.29 is 9.63 Å². The number of fused-ring (bicyclic) bond motifs is 1. The Labute approximate surface area is 115 Å². The summed E-state index contributed by atoms with van der Waals surface area (Å²) >= 11 is 0. The van der Waals surface area contributed by atoms with Gasteiger partial charge in [-0.3, -0.25) is 4.98 Å². The van der Waals surface area contributed by atoms with Crippen LogP contribution in [0.2, 0.25) is 0 Å². The van der Waals surface area contributed by atoms with Crippen LogP contribution in [-0.4, -0.2) is 26.3 Å². The SMILES string of the molecule is OC1CC(c2nc(-c3nccc4ccccc34)no2)C1. The van der Waals surface area contributed by atoms with Crippen molar-refractivity contribution in [2.45, 2.75) is 24.9 Å². The summed E-state index contributed by atoms with van der Waals surface area (Å²) in [6, 6.07) is 9.95. The molecule has 5 heteroatoms. The smallest absolute Gasteiger partial charge is 0.230 e. The number of aliphatic hydroxyl groups excluding tert-OH is 1. The fourth-order valence-electron chi connectivity index (χ4n) is 2.58. The predicted molar refractivity (Wildman–Crippen MR) is 73.0 cm³/mol. The van der Waals surface area contributed by atoms with Crippen LogP contribution in [0.15, 0.2) is 41.1 Å². The van der Waals surface area contributed by atoms with Crippen LogP contribution in [0.4, 0.5) is 0 Å². The van der Waals surface area contributed by atoms with Crippen LogP contribution in [0.25, 0.3) is 22.3 Å². The zero-order chi connectivity index (χ0) is 13.5. The minimum Gasteiger partial charge on any atom is -0.393 e. The van der Waals surface area contributed by atoms with Gasteiger partial charge in [-0.15, -0.1) is 0 Å². The van der Waals surface area contributed by atoms with Gasteiger partial charge in [0.1, 0.15) is 5.69 Å². The Kier molecular flexibility index (Phi) is 2.53. The van der Waals surface area contributed by atoms with E-state index in [0.29, 0.717) is 24.6 Å². The maximum absolute atomic E-state index is 9.34. The molecule has 1 aromatic carbocycles. The monoisotopic (exact) mass is 267 g/mol. The van der Waals surface area contributed by atoms with E-state index in [9.17, 15) is 5.11 Å². The zero-order valence-corrected chi connectivity index (χ0v) is 10.7. The maximum atomic E-state index is 9.34. The van der Waals surface area contributed by atoms with E-state index in [2.05, 4.69) is 15.1 Å². The molecule has 2 heterocycles. The fraction of sp³-hybridized carbons (Fsp3) is 0.267. The first kappa shape index (κ1) is 11.5. The van der Waals surface area contributed by atoms with Crippen molar-refractivity contribution in [3.05, 3.63) is 42.4 Å². The lowest BCUT2D eigenvalue weighted by molar-refractivity contribution is 0.0625. The van der Waals surface area contributed by atoms with Gasteiger partial charge in [-0.2, -0.15) is 4.98 Å². The minimum atomic E-state index is -0.231. The third-order valence-electron chi connectivity index (χ3n) is 3.79. The number of benzene rings is 1. The molecule has 2 aromatic heterocycles. The molecule has 100 valence electrons. The van der Waals surface area contributed by atoms with E-state index in [0.717, 1.165) is 16.5 Å². The molecule has 0 saturated heterocycles. The van der Waals surface area contributed by atoms with Crippen LogP contribution in [-0.2, 0) is 0 Å². The summed E-state index contributed by atoms with van der Waals surface area (Å²) < 4.78 is 5.31. The lowest BCUT2D eigenvalue weighted by Gasteiger charge is -2.27. The standard InChI is InChI=1S/C15H13N3O2/c19-11-7-10(8-11)15-17-14(18-20-15)13-12-4-2-1-3-9(12)5-6-16-13/h1-6,10-11,19H,7-8H2. The van der Waals surface area contributed by atoms with Gasteiger partial charge in [0.25, 0.3) is 0 Å². The molecule has 20 heavy (non-hydrogen) atoms. The van der Waals surface area contributed by atoms with Gasteiger partial charge >= 0.3 is 0 Å². The zero-order valence-electron chi connectivity index (χ0n) is 10.7. The fourth-order valence-corrected chi connectivity index (χ4v) is 2.58. The molecule has 5 nitrogen and oxygen atoms in total. The first-order chi connectivity index (χ1) is 9.81. The second-order valence-electron chi connectivity index (χ2n) is 5.16. The van der Waals surface area contributed by atoms with E-state index < -0.39 is 0 Å². The minimum absolute atomic E-state index is 0.182. The number of hydrogen-bond donors (Lipinski definition) is 1. The summed E-state index contributed by atoms with van der Waals surface area (Å²) in [5.74, 6) is 1.29. The third-order valence-corrected chi connectivity index (χ3v) is 3.79. The molecule has 0 aliphatic heterocycles. The van der Waals surface area contributed by atoms with Crippen LogP contribution in [0.5, 0.6) is 0 Å². The highest BCUT2D eigenvalue weighted by molar-refractivity contribution is 5.92. The largest absolute Gasteiger partial charge is 0.393 e. The average Bonchev–Trinajstić information content (AvgIpc) is 2.92. The van der Waals surface area contributed by atoms with E-state index in [-0.39, 0.29) is 12.0 Å². The molecule has 0 atom stereocenters. The summed E-state index contributed by atoms with van der Waals surface area (Å²) in [6.07, 6.45) is 2.92. The summed E-state index contributed by atoms with van der Waals surface area (Å²) in [6.45, 7) is 0. The van der Waals surface area contributed by atoms with Crippen LogP contribution in [0.3, 0.4) is 0 Å². The van der Waals surface area contributed by atoms with Crippen LogP contribution in [0, 0.1) is 0 Å². The van der Waals surface area contributed by atoms with Crippen molar-refractivity contribution in [1.29, 1.82) is 0 Å². The predicted octanol–water partition coefficient (Wildman–Crippen LogP) is 2.52. The summed E-state index contributed by atoms with van der Waals surface area (Å²) in [5.41, 5.74) is 0.734. The normalized spacial score (nSPS) is 21.9. The maximum Gasteiger partial charge on any atom is 0.230 e. The lowest BCUT2D eigenvalue weighted by atomic mass is 9.82. The molecule has 1 saturated carbocycles. The molecule has 1 N–H and O–H groups in total. The number of hydrogen-bond acceptors (Lipinski definition) is 5. The number of nitrogens with zero attached hydrogens (tertiary/aromatic N) is 3. The molecule has 0 bridgehead atoms.